The summed E-state index contributed by atoms with van der Waals surface area (Å²) in [6.45, 7) is 0. The Morgan fingerprint density at radius 1 is 1.11 bits per heavy atom. The molecule has 7 nitrogen and oxygen atoms in total. The van der Waals surface area contributed by atoms with Crippen molar-refractivity contribution < 1.29 is 14.5 Å². The van der Waals surface area contributed by atoms with Crippen molar-refractivity contribution in [3.05, 3.63) is 52.1 Å². The molecule has 4 rings (SSSR count). The maximum atomic E-state index is 13.2. The predicted molar refractivity (Wildman–Crippen MR) is 103 cm³/mol. The number of allylic oxidation sites excluding steroid dienone is 1. The van der Waals surface area contributed by atoms with Crippen LogP contribution in [0.3, 0.4) is 0 Å². The number of nitro groups is 1. The second-order valence-electron chi connectivity index (χ2n) is 7.96. The standard InChI is InChI=1S/C21H25N3O4/c25-20(22-15-6-2-1-3-7-15)19(14-10-12-16(13-11-14)24(27)28)23-18-9-5-4-8-17(18)21(23)26/h4-5,10-13,15,17-19H,1-3,6-9H2,(H,22,25)/t17-,18+,19?/m1/s1. The van der Waals surface area contributed by atoms with Crippen molar-refractivity contribution in [1.29, 1.82) is 0 Å². The van der Waals surface area contributed by atoms with E-state index < -0.39 is 11.0 Å². The zero-order valence-electron chi connectivity index (χ0n) is 15.8. The normalized spacial score (nSPS) is 25.6. The minimum atomic E-state index is -0.733. The summed E-state index contributed by atoms with van der Waals surface area (Å²) in [6, 6.07) is 5.43. The van der Waals surface area contributed by atoms with Gasteiger partial charge in [0.05, 0.1) is 10.8 Å². The van der Waals surface area contributed by atoms with Gasteiger partial charge in [-0.1, -0.05) is 31.4 Å². The lowest BCUT2D eigenvalue weighted by atomic mass is 9.77. The minimum absolute atomic E-state index is 0.00324. The molecule has 0 aromatic heterocycles. The molecule has 2 amide bonds. The fraction of sp³-hybridized carbons (Fsp3) is 0.524. The molecule has 0 spiro atoms. The van der Waals surface area contributed by atoms with Gasteiger partial charge in [-0.05, 0) is 43.4 Å². The number of β-lactam (4-membered cyclic amide) rings is 1. The smallest absolute Gasteiger partial charge is 0.269 e. The van der Waals surface area contributed by atoms with E-state index in [1.807, 2.05) is 6.08 Å². The minimum Gasteiger partial charge on any atom is -0.351 e. The Morgan fingerprint density at radius 3 is 2.46 bits per heavy atom. The molecule has 3 atom stereocenters. The number of nitro benzene ring substituents is 1. The highest BCUT2D eigenvalue weighted by molar-refractivity contribution is 5.94. The quantitative estimate of drug-likeness (QED) is 0.366. The molecule has 3 aliphatic rings. The molecule has 2 aliphatic carbocycles. The third kappa shape index (κ3) is 3.41. The Balaban J connectivity index is 1.60. The van der Waals surface area contributed by atoms with Gasteiger partial charge in [-0.25, -0.2) is 0 Å². The number of carbonyl (C=O) groups excluding carboxylic acids is 2. The van der Waals surface area contributed by atoms with Gasteiger partial charge in [0.15, 0.2) is 0 Å². The number of hydrogen-bond donors (Lipinski definition) is 1. The van der Waals surface area contributed by atoms with Gasteiger partial charge in [0.1, 0.15) is 6.04 Å². The lowest BCUT2D eigenvalue weighted by Gasteiger charge is -2.51. The number of hydrogen-bond acceptors (Lipinski definition) is 4. The van der Waals surface area contributed by atoms with Gasteiger partial charge < -0.3 is 10.2 Å². The predicted octanol–water partition coefficient (Wildman–Crippen LogP) is 3.26. The fourth-order valence-corrected chi connectivity index (χ4v) is 4.71. The van der Waals surface area contributed by atoms with E-state index >= 15 is 0 Å². The molecule has 1 saturated heterocycles. The third-order valence-electron chi connectivity index (χ3n) is 6.23. The zero-order valence-corrected chi connectivity index (χ0v) is 15.8. The van der Waals surface area contributed by atoms with Crippen LogP contribution in [0.25, 0.3) is 0 Å². The number of benzene rings is 1. The van der Waals surface area contributed by atoms with Gasteiger partial charge in [-0.3, -0.25) is 19.7 Å². The van der Waals surface area contributed by atoms with Gasteiger partial charge >= 0.3 is 0 Å². The van der Waals surface area contributed by atoms with E-state index in [1.54, 1.807) is 17.0 Å². The molecule has 1 unspecified atom stereocenters. The van der Waals surface area contributed by atoms with Crippen LogP contribution in [0.5, 0.6) is 0 Å². The maximum Gasteiger partial charge on any atom is 0.269 e. The van der Waals surface area contributed by atoms with Gasteiger partial charge in [-0.2, -0.15) is 0 Å². The van der Waals surface area contributed by atoms with Crippen molar-refractivity contribution in [3.63, 3.8) is 0 Å². The number of nitrogens with zero attached hydrogens (tertiary/aromatic N) is 2. The zero-order chi connectivity index (χ0) is 19.7. The van der Waals surface area contributed by atoms with Crippen LogP contribution in [0.15, 0.2) is 36.4 Å². The van der Waals surface area contributed by atoms with Crippen molar-refractivity contribution in [2.75, 3.05) is 0 Å². The molecule has 0 radical (unpaired) electrons. The van der Waals surface area contributed by atoms with Gasteiger partial charge in [0.25, 0.3) is 5.69 Å². The number of nitrogens with one attached hydrogen (secondary N) is 1. The summed E-state index contributed by atoms with van der Waals surface area (Å²) in [5, 5.41) is 14.1. The molecule has 1 aromatic carbocycles. The first-order chi connectivity index (χ1) is 13.6. The van der Waals surface area contributed by atoms with Crippen LogP contribution in [-0.4, -0.2) is 33.7 Å². The fourth-order valence-electron chi connectivity index (χ4n) is 4.71. The molecular weight excluding hydrogens is 358 g/mol. The lowest BCUT2D eigenvalue weighted by Crippen LogP contribution is -2.64. The van der Waals surface area contributed by atoms with Gasteiger partial charge in [0.2, 0.25) is 11.8 Å². The van der Waals surface area contributed by atoms with Gasteiger partial charge in [0, 0.05) is 24.2 Å². The number of non-ortho nitro benzene ring substituents is 1. The average molecular weight is 383 g/mol. The average Bonchev–Trinajstić information content (AvgIpc) is 2.72. The van der Waals surface area contributed by atoms with Crippen LogP contribution in [0, 0.1) is 16.0 Å². The van der Waals surface area contributed by atoms with Crippen LogP contribution in [0.1, 0.15) is 56.6 Å². The van der Waals surface area contributed by atoms with Crippen molar-refractivity contribution in [3.8, 4) is 0 Å². The molecule has 0 bridgehead atoms. The number of carbonyl (C=O) groups is 2. The summed E-state index contributed by atoms with van der Waals surface area (Å²) in [4.78, 5) is 38.2. The summed E-state index contributed by atoms with van der Waals surface area (Å²) in [6.07, 6.45) is 10.9. The molecule has 1 aliphatic heterocycles. The summed E-state index contributed by atoms with van der Waals surface area (Å²) < 4.78 is 0. The highest BCUT2D eigenvalue weighted by Gasteiger charge is 2.52. The summed E-state index contributed by atoms with van der Waals surface area (Å²) >= 11 is 0. The third-order valence-corrected chi connectivity index (χ3v) is 6.23. The molecular formula is C21H25N3O4. The summed E-state index contributed by atoms with van der Waals surface area (Å²) in [5.41, 5.74) is 0.601. The second kappa shape index (κ2) is 7.73. The van der Waals surface area contributed by atoms with E-state index in [-0.39, 0.29) is 35.5 Å². The Labute approximate surface area is 163 Å². The monoisotopic (exact) mass is 383 g/mol. The molecule has 1 N–H and O–H groups in total. The molecule has 1 aromatic rings. The number of rotatable bonds is 5. The number of fused-ring (bicyclic) bond motifs is 1. The highest BCUT2D eigenvalue weighted by atomic mass is 16.6. The van der Waals surface area contributed by atoms with Crippen LogP contribution in [0.4, 0.5) is 5.69 Å². The molecule has 2 fully saturated rings. The SMILES string of the molecule is O=C(NC1CCCCC1)C(c1ccc([N+](=O)[O-])cc1)N1C(=O)[C@@H]2CC=CC[C@@H]21. The Bertz CT molecular complexity index is 798. The van der Waals surface area contributed by atoms with E-state index in [1.165, 1.54) is 18.6 Å². The van der Waals surface area contributed by atoms with Gasteiger partial charge in [-0.15, -0.1) is 0 Å². The first-order valence-corrected chi connectivity index (χ1v) is 10.1. The Hall–Kier alpha value is -2.70. The van der Waals surface area contributed by atoms with Crippen molar-refractivity contribution in [2.24, 2.45) is 5.92 Å². The Morgan fingerprint density at radius 2 is 1.79 bits per heavy atom. The maximum absolute atomic E-state index is 13.2. The van der Waals surface area contributed by atoms with Crippen molar-refractivity contribution in [2.45, 2.75) is 63.1 Å². The van der Waals surface area contributed by atoms with Crippen LogP contribution >= 0.6 is 0 Å². The molecule has 7 heteroatoms. The van der Waals surface area contributed by atoms with E-state index in [0.717, 1.165) is 38.5 Å². The van der Waals surface area contributed by atoms with Crippen molar-refractivity contribution in [1.82, 2.24) is 10.2 Å². The second-order valence-corrected chi connectivity index (χ2v) is 7.96. The van der Waals surface area contributed by atoms with E-state index in [2.05, 4.69) is 11.4 Å². The first-order valence-electron chi connectivity index (χ1n) is 10.1. The number of likely N-dealkylation sites (tertiary alicyclic amines) is 1. The van der Waals surface area contributed by atoms with Crippen LogP contribution in [0.2, 0.25) is 0 Å². The molecule has 28 heavy (non-hydrogen) atoms. The molecule has 1 heterocycles. The van der Waals surface area contributed by atoms with E-state index in [9.17, 15) is 19.7 Å². The van der Waals surface area contributed by atoms with E-state index in [4.69, 9.17) is 0 Å². The van der Waals surface area contributed by atoms with Crippen LogP contribution < -0.4 is 5.32 Å². The number of amides is 2. The topological polar surface area (TPSA) is 92.5 Å². The Kier molecular flexibility index (Phi) is 5.15. The van der Waals surface area contributed by atoms with E-state index in [0.29, 0.717) is 5.56 Å². The lowest BCUT2D eigenvalue weighted by molar-refractivity contribution is -0.384. The molecule has 148 valence electrons. The molecule has 1 saturated carbocycles. The largest absolute Gasteiger partial charge is 0.351 e. The summed E-state index contributed by atoms with van der Waals surface area (Å²) in [7, 11) is 0. The van der Waals surface area contributed by atoms with Crippen LogP contribution in [-0.2, 0) is 9.59 Å². The first kappa shape index (κ1) is 18.7. The summed E-state index contributed by atoms with van der Waals surface area (Å²) in [5.74, 6) is -0.230. The highest BCUT2D eigenvalue weighted by Crippen LogP contribution is 2.42. The van der Waals surface area contributed by atoms with Crippen molar-refractivity contribution >= 4 is 17.5 Å².